The fourth-order valence-corrected chi connectivity index (χ4v) is 4.87. The summed E-state index contributed by atoms with van der Waals surface area (Å²) < 4.78 is 33.4. The second-order valence-electron chi connectivity index (χ2n) is 6.48. The summed E-state index contributed by atoms with van der Waals surface area (Å²) in [5, 5.41) is 7.32. The first kappa shape index (κ1) is 23.6. The maximum absolute atomic E-state index is 12.9. The topological polar surface area (TPSA) is 114 Å². The first-order chi connectivity index (χ1) is 15.3. The molecule has 32 heavy (non-hydrogen) atoms. The Bertz CT molecular complexity index is 1210. The van der Waals surface area contributed by atoms with Crippen molar-refractivity contribution in [3.63, 3.8) is 0 Å². The molecule has 3 aromatic rings. The van der Waals surface area contributed by atoms with Crippen LogP contribution in [0.25, 0.3) is 0 Å². The summed E-state index contributed by atoms with van der Waals surface area (Å²) in [6.45, 7) is 0.137. The van der Waals surface area contributed by atoms with Gasteiger partial charge in [-0.25, -0.2) is 8.42 Å². The van der Waals surface area contributed by atoms with E-state index in [-0.39, 0.29) is 51.8 Å². The first-order valence-electron chi connectivity index (χ1n) is 9.37. The largest absolute Gasteiger partial charge is 0.495 e. The first-order valence-corrected chi connectivity index (χ1v) is 12.1. The lowest BCUT2D eigenvalue weighted by atomic mass is 10.3. The number of benzene rings is 2. The molecule has 1 aromatic heterocycles. The molecule has 8 nitrogen and oxygen atoms in total. The van der Waals surface area contributed by atoms with E-state index in [0.29, 0.717) is 4.88 Å². The molecule has 3 rings (SSSR count). The van der Waals surface area contributed by atoms with Crippen LogP contribution in [0, 0.1) is 0 Å². The van der Waals surface area contributed by atoms with Crippen LogP contribution in [0.4, 0.5) is 11.4 Å². The van der Waals surface area contributed by atoms with Crippen LogP contribution < -0.4 is 20.1 Å². The molecule has 0 saturated heterocycles. The van der Waals surface area contributed by atoms with Gasteiger partial charge in [0, 0.05) is 18.7 Å². The van der Waals surface area contributed by atoms with E-state index in [1.54, 1.807) is 35.7 Å². The van der Waals surface area contributed by atoms with Gasteiger partial charge in [0.15, 0.2) is 0 Å². The third kappa shape index (κ3) is 6.00. The second-order valence-corrected chi connectivity index (χ2v) is 9.49. The predicted octanol–water partition coefficient (Wildman–Crippen LogP) is 3.97. The number of anilines is 2. The predicted molar refractivity (Wildman–Crippen MR) is 125 cm³/mol. The lowest BCUT2D eigenvalue weighted by molar-refractivity contribution is -0.116. The van der Waals surface area contributed by atoms with Gasteiger partial charge in [0.1, 0.15) is 10.6 Å². The number of halogens is 1. The minimum Gasteiger partial charge on any atom is -0.495 e. The van der Waals surface area contributed by atoms with Gasteiger partial charge in [-0.2, -0.15) is 0 Å². The van der Waals surface area contributed by atoms with Crippen molar-refractivity contribution < 1.29 is 22.7 Å². The van der Waals surface area contributed by atoms with Crippen molar-refractivity contribution in [2.24, 2.45) is 0 Å². The van der Waals surface area contributed by atoms with E-state index < -0.39 is 10.0 Å². The third-order valence-electron chi connectivity index (χ3n) is 4.24. The molecule has 0 bridgehead atoms. The summed E-state index contributed by atoms with van der Waals surface area (Å²) >= 11 is 7.36. The Morgan fingerprint density at radius 2 is 1.88 bits per heavy atom. The highest BCUT2D eigenvalue weighted by Gasteiger charge is 2.22. The number of hydrogen-bond donors (Lipinski definition) is 3. The van der Waals surface area contributed by atoms with Gasteiger partial charge in [-0.05, 0) is 41.8 Å². The lowest BCUT2D eigenvalue weighted by Gasteiger charge is -2.14. The van der Waals surface area contributed by atoms with Crippen LogP contribution in [-0.4, -0.2) is 33.9 Å². The SMILES string of the molecule is COc1ccc(NC(=O)CCNC(=O)c2cccs2)cc1S(=O)(=O)Nc1ccccc1Cl. The number of methoxy groups -OCH3 is 1. The molecule has 0 spiro atoms. The number of nitrogens with one attached hydrogen (secondary N) is 3. The smallest absolute Gasteiger partial charge is 0.265 e. The summed E-state index contributed by atoms with van der Waals surface area (Å²) in [5.41, 5.74) is 0.479. The minimum atomic E-state index is -4.06. The Labute approximate surface area is 194 Å². The molecule has 2 aromatic carbocycles. The van der Waals surface area contributed by atoms with Gasteiger partial charge in [-0.3, -0.25) is 14.3 Å². The zero-order valence-corrected chi connectivity index (χ0v) is 19.3. The number of carbonyl (C=O) groups is 2. The Balaban J connectivity index is 1.68. The van der Waals surface area contributed by atoms with E-state index in [0.717, 1.165) is 0 Å². The second kappa shape index (κ2) is 10.5. The molecule has 0 saturated carbocycles. The van der Waals surface area contributed by atoms with E-state index in [1.165, 1.54) is 42.7 Å². The molecule has 11 heteroatoms. The number of amides is 2. The Kier molecular flexibility index (Phi) is 7.73. The summed E-state index contributed by atoms with van der Waals surface area (Å²) in [6.07, 6.45) is 0.0170. The van der Waals surface area contributed by atoms with Gasteiger partial charge in [-0.15, -0.1) is 11.3 Å². The highest BCUT2D eigenvalue weighted by molar-refractivity contribution is 7.92. The van der Waals surface area contributed by atoms with Crippen LogP contribution in [0.2, 0.25) is 5.02 Å². The van der Waals surface area contributed by atoms with Crippen molar-refractivity contribution >= 4 is 56.2 Å². The molecule has 1 heterocycles. The number of thiophene rings is 1. The van der Waals surface area contributed by atoms with Crippen molar-refractivity contribution in [2.75, 3.05) is 23.7 Å². The van der Waals surface area contributed by atoms with Crippen molar-refractivity contribution in [1.82, 2.24) is 5.32 Å². The molecule has 0 aliphatic rings. The molecule has 0 aliphatic carbocycles. The maximum Gasteiger partial charge on any atom is 0.265 e. The summed E-state index contributed by atoms with van der Waals surface area (Å²) in [5.74, 6) is -0.536. The average molecular weight is 494 g/mol. The number of para-hydroxylation sites is 1. The third-order valence-corrected chi connectivity index (χ3v) is 6.82. The number of carbonyl (C=O) groups excluding carboxylic acids is 2. The Hall–Kier alpha value is -3.08. The summed E-state index contributed by atoms with van der Waals surface area (Å²) in [4.78, 5) is 24.6. The van der Waals surface area contributed by atoms with Crippen LogP contribution in [0.1, 0.15) is 16.1 Å². The quantitative estimate of drug-likeness (QED) is 0.417. The van der Waals surface area contributed by atoms with Crippen LogP contribution in [0.15, 0.2) is 64.9 Å². The number of sulfonamides is 1. The molecule has 168 valence electrons. The van der Waals surface area contributed by atoms with Crippen LogP contribution in [-0.2, 0) is 14.8 Å². The van der Waals surface area contributed by atoms with Crippen molar-refractivity contribution in [1.29, 1.82) is 0 Å². The fraction of sp³-hybridized carbons (Fsp3) is 0.143. The van der Waals surface area contributed by atoms with Crippen molar-refractivity contribution in [3.05, 3.63) is 69.9 Å². The van der Waals surface area contributed by atoms with Gasteiger partial charge in [0.25, 0.3) is 15.9 Å². The van der Waals surface area contributed by atoms with E-state index in [9.17, 15) is 18.0 Å². The summed E-state index contributed by atoms with van der Waals surface area (Å²) in [6, 6.07) is 14.1. The minimum absolute atomic E-state index is 0.0170. The maximum atomic E-state index is 12.9. The van der Waals surface area contributed by atoms with Gasteiger partial charge in [0.2, 0.25) is 5.91 Å². The van der Waals surface area contributed by atoms with Gasteiger partial charge < -0.3 is 15.4 Å². The molecule has 0 aliphatic heterocycles. The van der Waals surface area contributed by atoms with E-state index in [2.05, 4.69) is 15.4 Å². The van der Waals surface area contributed by atoms with E-state index >= 15 is 0 Å². The van der Waals surface area contributed by atoms with E-state index in [4.69, 9.17) is 16.3 Å². The van der Waals surface area contributed by atoms with Crippen molar-refractivity contribution in [3.8, 4) is 5.75 Å². The number of rotatable bonds is 9. The van der Waals surface area contributed by atoms with Crippen molar-refractivity contribution in [2.45, 2.75) is 11.3 Å². The van der Waals surface area contributed by atoms with Crippen LogP contribution in [0.3, 0.4) is 0 Å². The molecular weight excluding hydrogens is 474 g/mol. The highest BCUT2D eigenvalue weighted by Crippen LogP contribution is 2.30. The number of ether oxygens (including phenoxy) is 1. The molecule has 0 atom stereocenters. The van der Waals surface area contributed by atoms with Gasteiger partial charge in [0.05, 0.1) is 22.7 Å². The summed E-state index contributed by atoms with van der Waals surface area (Å²) in [7, 11) is -2.71. The molecule has 2 amide bonds. The molecule has 0 unspecified atom stereocenters. The highest BCUT2D eigenvalue weighted by atomic mass is 35.5. The Morgan fingerprint density at radius 3 is 2.56 bits per heavy atom. The molecule has 0 fully saturated rings. The van der Waals surface area contributed by atoms with Crippen LogP contribution in [0.5, 0.6) is 5.75 Å². The van der Waals surface area contributed by atoms with Crippen LogP contribution >= 0.6 is 22.9 Å². The number of hydrogen-bond acceptors (Lipinski definition) is 6. The van der Waals surface area contributed by atoms with Gasteiger partial charge >= 0.3 is 0 Å². The molecule has 0 radical (unpaired) electrons. The molecule has 3 N–H and O–H groups in total. The zero-order valence-electron chi connectivity index (χ0n) is 16.9. The van der Waals surface area contributed by atoms with Gasteiger partial charge in [-0.1, -0.05) is 29.8 Å². The standard InChI is InChI=1S/C21H20ClN3O5S2/c1-30-17-9-8-14(24-20(26)10-11-23-21(27)18-7-4-12-31-18)13-19(17)32(28,29)25-16-6-3-2-5-15(16)22/h2-9,12-13,25H,10-11H2,1H3,(H,23,27)(H,24,26). The average Bonchev–Trinajstić information content (AvgIpc) is 3.30. The zero-order chi connectivity index (χ0) is 23.1. The lowest BCUT2D eigenvalue weighted by Crippen LogP contribution is -2.27. The van der Waals surface area contributed by atoms with E-state index in [1.807, 2.05) is 0 Å². The normalized spacial score (nSPS) is 10.9. The monoisotopic (exact) mass is 493 g/mol. The molecular formula is C21H20ClN3O5S2. The Morgan fingerprint density at radius 1 is 1.09 bits per heavy atom. The fourth-order valence-electron chi connectivity index (χ4n) is 2.72.